The summed E-state index contributed by atoms with van der Waals surface area (Å²) in [6, 6.07) is 7.72. The lowest BCUT2D eigenvalue weighted by Gasteiger charge is -2.30. The summed E-state index contributed by atoms with van der Waals surface area (Å²) in [5.74, 6) is 0. The van der Waals surface area contributed by atoms with Gasteiger partial charge < -0.3 is 10.2 Å². The molecule has 2 nitrogen and oxygen atoms in total. The van der Waals surface area contributed by atoms with Crippen molar-refractivity contribution in [2.45, 2.75) is 59.5 Å². The third-order valence-corrected chi connectivity index (χ3v) is 4.63. The van der Waals surface area contributed by atoms with E-state index in [1.165, 1.54) is 22.1 Å². The van der Waals surface area contributed by atoms with Crippen LogP contribution in [0, 0.1) is 0 Å². The number of nitrogens with zero attached hydrogens (tertiary/aromatic N) is 1. The molecule has 0 aliphatic heterocycles. The van der Waals surface area contributed by atoms with Gasteiger partial charge in [0.2, 0.25) is 0 Å². The van der Waals surface area contributed by atoms with Gasteiger partial charge in [0.05, 0.1) is 0 Å². The van der Waals surface area contributed by atoms with Gasteiger partial charge in [-0.15, -0.1) is 0 Å². The highest BCUT2D eigenvalue weighted by Gasteiger charge is 2.14. The van der Waals surface area contributed by atoms with Crippen LogP contribution in [-0.2, 0) is 0 Å². The fourth-order valence-corrected chi connectivity index (χ4v) is 3.20. The molecule has 0 saturated carbocycles. The van der Waals surface area contributed by atoms with Crippen LogP contribution in [-0.4, -0.2) is 19.1 Å². The Balaban J connectivity index is 2.91. The summed E-state index contributed by atoms with van der Waals surface area (Å²) in [7, 11) is 0. The molecule has 0 radical (unpaired) electrons. The van der Waals surface area contributed by atoms with Gasteiger partial charge in [-0.2, -0.15) is 0 Å². The average molecular weight is 341 g/mol. The first-order chi connectivity index (χ1) is 9.54. The van der Waals surface area contributed by atoms with E-state index in [2.05, 4.69) is 79.0 Å². The molecule has 1 aromatic carbocycles. The zero-order valence-corrected chi connectivity index (χ0v) is 15.1. The molecule has 2 atom stereocenters. The Kier molecular flexibility index (Phi) is 7.60. The summed E-state index contributed by atoms with van der Waals surface area (Å²) in [6.45, 7) is 13.3. The van der Waals surface area contributed by atoms with Crippen molar-refractivity contribution >= 4 is 21.6 Å². The van der Waals surface area contributed by atoms with Crippen molar-refractivity contribution in [2.75, 3.05) is 18.0 Å². The predicted molar refractivity (Wildman–Crippen MR) is 93.6 cm³/mol. The van der Waals surface area contributed by atoms with Crippen molar-refractivity contribution in [2.24, 2.45) is 0 Å². The molecule has 2 unspecified atom stereocenters. The number of anilines is 1. The fraction of sp³-hybridized carbons (Fsp3) is 0.647. The Morgan fingerprint density at radius 3 is 2.40 bits per heavy atom. The molecule has 1 rings (SSSR count). The SMILES string of the molecule is CCCNC(C)c1ccc(N(CC)C(C)CC)cc1Br. The van der Waals surface area contributed by atoms with E-state index in [1.807, 2.05) is 0 Å². The van der Waals surface area contributed by atoms with E-state index in [0.29, 0.717) is 12.1 Å². The fourth-order valence-electron chi connectivity index (χ4n) is 2.49. The summed E-state index contributed by atoms with van der Waals surface area (Å²) >= 11 is 3.74. The number of rotatable bonds is 8. The monoisotopic (exact) mass is 340 g/mol. The van der Waals surface area contributed by atoms with Crippen LogP contribution in [0.2, 0.25) is 0 Å². The predicted octanol–water partition coefficient (Wildman–Crippen LogP) is 5.13. The van der Waals surface area contributed by atoms with Crippen LogP contribution in [0.3, 0.4) is 0 Å². The molecule has 3 heteroatoms. The van der Waals surface area contributed by atoms with Crippen LogP contribution in [0.4, 0.5) is 5.69 Å². The first-order valence-corrected chi connectivity index (χ1v) is 8.63. The quantitative estimate of drug-likeness (QED) is 0.705. The van der Waals surface area contributed by atoms with E-state index in [-0.39, 0.29) is 0 Å². The van der Waals surface area contributed by atoms with Crippen molar-refractivity contribution < 1.29 is 0 Å². The van der Waals surface area contributed by atoms with Crippen LogP contribution >= 0.6 is 15.9 Å². The highest BCUT2D eigenvalue weighted by Crippen LogP contribution is 2.29. The molecule has 0 aromatic heterocycles. The molecule has 0 spiro atoms. The summed E-state index contributed by atoms with van der Waals surface area (Å²) in [6.07, 6.45) is 2.33. The molecule has 114 valence electrons. The first-order valence-electron chi connectivity index (χ1n) is 7.84. The molecule has 0 bridgehead atoms. The van der Waals surface area contributed by atoms with Crippen molar-refractivity contribution in [3.8, 4) is 0 Å². The zero-order chi connectivity index (χ0) is 15.1. The normalized spacial score (nSPS) is 14.1. The standard InChI is InChI=1S/C17H29BrN2/c1-6-11-19-14(5)16-10-9-15(12-17(16)18)20(8-3)13(4)7-2/h9-10,12-14,19H,6-8,11H2,1-5H3. The third-order valence-electron chi connectivity index (χ3n) is 3.95. The van der Waals surface area contributed by atoms with E-state index in [1.54, 1.807) is 0 Å². The van der Waals surface area contributed by atoms with Crippen molar-refractivity contribution in [1.82, 2.24) is 5.32 Å². The smallest absolute Gasteiger partial charge is 0.0380 e. The van der Waals surface area contributed by atoms with Gasteiger partial charge in [0.25, 0.3) is 0 Å². The van der Waals surface area contributed by atoms with Gasteiger partial charge in [-0.25, -0.2) is 0 Å². The summed E-state index contributed by atoms with van der Waals surface area (Å²) in [4.78, 5) is 2.46. The van der Waals surface area contributed by atoms with Crippen LogP contribution in [0.1, 0.15) is 59.1 Å². The third kappa shape index (κ3) is 4.49. The summed E-state index contributed by atoms with van der Waals surface area (Å²) < 4.78 is 1.20. The Morgan fingerprint density at radius 2 is 1.90 bits per heavy atom. The molecule has 20 heavy (non-hydrogen) atoms. The number of nitrogens with one attached hydrogen (secondary N) is 1. The molecular weight excluding hydrogens is 312 g/mol. The van der Waals surface area contributed by atoms with Crippen molar-refractivity contribution in [1.29, 1.82) is 0 Å². The summed E-state index contributed by atoms with van der Waals surface area (Å²) in [5, 5.41) is 3.54. The molecule has 0 aliphatic carbocycles. The lowest BCUT2D eigenvalue weighted by atomic mass is 10.1. The van der Waals surface area contributed by atoms with Gasteiger partial charge in [-0.3, -0.25) is 0 Å². The Bertz CT molecular complexity index is 406. The maximum Gasteiger partial charge on any atom is 0.0380 e. The van der Waals surface area contributed by atoms with Gasteiger partial charge >= 0.3 is 0 Å². The van der Waals surface area contributed by atoms with E-state index in [0.717, 1.165) is 19.5 Å². The minimum absolute atomic E-state index is 0.386. The maximum atomic E-state index is 3.74. The van der Waals surface area contributed by atoms with Gasteiger partial charge in [-0.05, 0) is 57.9 Å². The van der Waals surface area contributed by atoms with Crippen LogP contribution in [0.25, 0.3) is 0 Å². The van der Waals surface area contributed by atoms with Gasteiger partial charge in [-0.1, -0.05) is 35.8 Å². The Labute approximate surface area is 133 Å². The molecule has 0 amide bonds. The molecule has 0 heterocycles. The second-order valence-corrected chi connectivity index (χ2v) is 6.28. The molecule has 0 saturated heterocycles. The minimum atomic E-state index is 0.386. The highest BCUT2D eigenvalue weighted by molar-refractivity contribution is 9.10. The number of hydrogen-bond acceptors (Lipinski definition) is 2. The van der Waals surface area contributed by atoms with E-state index < -0.39 is 0 Å². The van der Waals surface area contributed by atoms with Gasteiger partial charge in [0.1, 0.15) is 0 Å². The molecule has 0 aliphatic rings. The Morgan fingerprint density at radius 1 is 1.20 bits per heavy atom. The number of halogens is 1. The second-order valence-electron chi connectivity index (χ2n) is 5.42. The van der Waals surface area contributed by atoms with E-state index in [4.69, 9.17) is 0 Å². The second kappa shape index (κ2) is 8.68. The van der Waals surface area contributed by atoms with Crippen molar-refractivity contribution in [3.05, 3.63) is 28.2 Å². The van der Waals surface area contributed by atoms with Gasteiger partial charge in [0.15, 0.2) is 0 Å². The zero-order valence-electron chi connectivity index (χ0n) is 13.5. The molecule has 0 fully saturated rings. The Hall–Kier alpha value is -0.540. The maximum absolute atomic E-state index is 3.74. The van der Waals surface area contributed by atoms with Crippen LogP contribution in [0.15, 0.2) is 22.7 Å². The largest absolute Gasteiger partial charge is 0.369 e. The van der Waals surface area contributed by atoms with Crippen molar-refractivity contribution in [3.63, 3.8) is 0 Å². The highest BCUT2D eigenvalue weighted by atomic mass is 79.9. The average Bonchev–Trinajstić information content (AvgIpc) is 2.45. The number of hydrogen-bond donors (Lipinski definition) is 1. The first kappa shape index (κ1) is 17.5. The lowest BCUT2D eigenvalue weighted by Crippen LogP contribution is -2.32. The minimum Gasteiger partial charge on any atom is -0.369 e. The van der Waals surface area contributed by atoms with Crippen LogP contribution < -0.4 is 10.2 Å². The van der Waals surface area contributed by atoms with E-state index in [9.17, 15) is 0 Å². The van der Waals surface area contributed by atoms with Gasteiger partial charge in [0, 0.05) is 28.8 Å². The number of benzene rings is 1. The summed E-state index contributed by atoms with van der Waals surface area (Å²) in [5.41, 5.74) is 2.64. The lowest BCUT2D eigenvalue weighted by molar-refractivity contribution is 0.568. The molecule has 1 N–H and O–H groups in total. The van der Waals surface area contributed by atoms with E-state index >= 15 is 0 Å². The van der Waals surface area contributed by atoms with Crippen LogP contribution in [0.5, 0.6) is 0 Å². The topological polar surface area (TPSA) is 15.3 Å². The molecular formula is C17H29BrN2. The molecule has 1 aromatic rings.